The number of carbonyl (C=O) groups excluding carboxylic acids is 1. The minimum Gasteiger partial charge on any atom is -0.377 e. The fraction of sp³-hybridized carbons (Fsp3) is 0.333. The molecule has 53 heavy (non-hydrogen) atoms. The molecular formula is C42H46ClN7O2S. The molecule has 0 saturated carbocycles. The number of aryl methyl sites for hydroxylation is 2. The third-order valence-electron chi connectivity index (χ3n) is 10.1. The minimum atomic E-state index is 0.168. The molecule has 1 amide bonds. The fourth-order valence-electron chi connectivity index (χ4n) is 7.11. The van der Waals surface area contributed by atoms with Crippen molar-refractivity contribution in [2.24, 2.45) is 4.99 Å². The molecule has 11 heteroatoms. The average molecular weight is 748 g/mol. The highest BCUT2D eigenvalue weighted by Gasteiger charge is 2.26. The molecule has 2 aliphatic heterocycles. The number of halogens is 1. The third kappa shape index (κ3) is 8.31. The van der Waals surface area contributed by atoms with E-state index in [0.29, 0.717) is 13.2 Å². The van der Waals surface area contributed by atoms with Gasteiger partial charge in [0, 0.05) is 77.8 Å². The highest BCUT2D eigenvalue weighted by molar-refractivity contribution is 7.15. The van der Waals surface area contributed by atoms with Crippen LogP contribution in [-0.2, 0) is 29.2 Å². The van der Waals surface area contributed by atoms with E-state index < -0.39 is 0 Å². The standard InChI is InChI=1S/C25H31N3O2.C17H15ClN4S/c1-20(29)27-14-10-23(11-15-27)30-17-13-26-18-22-8-5-9-25-24(22)12-16-28(25)19-21-6-3-2-4-7-21;1-9-10(2)23-17-15(9)16(12-4-6-13(18)7-5-12)19-8-14-21-20-11(3)22(14)17/h2-9,12,16,23,26H,10-11,13-15,17-19H2,1H3;4-7H,8H2,1-3H3. The lowest BCUT2D eigenvalue weighted by atomic mass is 10.00. The number of aromatic nitrogens is 4. The van der Waals surface area contributed by atoms with Gasteiger partial charge in [-0.15, -0.1) is 21.5 Å². The molecule has 3 aromatic carbocycles. The summed E-state index contributed by atoms with van der Waals surface area (Å²) in [7, 11) is 0. The highest BCUT2D eigenvalue weighted by Crippen LogP contribution is 2.36. The van der Waals surface area contributed by atoms with Crippen molar-refractivity contribution in [2.45, 2.75) is 66.3 Å². The van der Waals surface area contributed by atoms with Crippen molar-refractivity contribution < 1.29 is 9.53 Å². The smallest absolute Gasteiger partial charge is 0.219 e. The lowest BCUT2D eigenvalue weighted by molar-refractivity contribution is -0.131. The Morgan fingerprint density at radius 1 is 0.962 bits per heavy atom. The summed E-state index contributed by atoms with van der Waals surface area (Å²) in [4.78, 5) is 19.4. The van der Waals surface area contributed by atoms with E-state index in [1.807, 2.05) is 36.1 Å². The van der Waals surface area contributed by atoms with Gasteiger partial charge in [-0.25, -0.2) is 0 Å². The van der Waals surface area contributed by atoms with Crippen LogP contribution in [0.3, 0.4) is 0 Å². The number of hydrogen-bond donors (Lipinski definition) is 1. The summed E-state index contributed by atoms with van der Waals surface area (Å²) in [5.74, 6) is 1.95. The van der Waals surface area contributed by atoms with Gasteiger partial charge in [-0.2, -0.15) is 0 Å². The van der Waals surface area contributed by atoms with Crippen LogP contribution in [0.5, 0.6) is 0 Å². The van der Waals surface area contributed by atoms with E-state index in [0.717, 1.165) is 78.5 Å². The Bertz CT molecular complexity index is 2210. The molecule has 1 fully saturated rings. The number of amides is 1. The second kappa shape index (κ2) is 16.6. The van der Waals surface area contributed by atoms with Crippen molar-refractivity contribution in [3.05, 3.63) is 134 Å². The second-order valence-corrected chi connectivity index (χ2v) is 15.3. The average Bonchev–Trinajstić information content (AvgIpc) is 3.80. The van der Waals surface area contributed by atoms with Gasteiger partial charge in [0.1, 0.15) is 17.4 Å². The molecule has 9 nitrogen and oxygen atoms in total. The maximum Gasteiger partial charge on any atom is 0.219 e. The van der Waals surface area contributed by atoms with Crippen LogP contribution in [-0.4, -0.2) is 68.2 Å². The Hall–Kier alpha value is -4.61. The van der Waals surface area contributed by atoms with E-state index in [-0.39, 0.29) is 12.0 Å². The van der Waals surface area contributed by atoms with Gasteiger partial charge >= 0.3 is 0 Å². The van der Waals surface area contributed by atoms with Crippen LogP contribution < -0.4 is 5.32 Å². The van der Waals surface area contributed by atoms with Crippen LogP contribution in [0.2, 0.25) is 5.02 Å². The van der Waals surface area contributed by atoms with Crippen molar-refractivity contribution in [3.63, 3.8) is 0 Å². The first-order valence-electron chi connectivity index (χ1n) is 18.3. The van der Waals surface area contributed by atoms with Crippen molar-refractivity contribution in [2.75, 3.05) is 26.2 Å². The number of fused-ring (bicyclic) bond motifs is 4. The highest BCUT2D eigenvalue weighted by atomic mass is 35.5. The molecule has 0 radical (unpaired) electrons. The van der Waals surface area contributed by atoms with Gasteiger partial charge in [-0.3, -0.25) is 14.4 Å². The van der Waals surface area contributed by atoms with Gasteiger partial charge < -0.3 is 19.5 Å². The summed E-state index contributed by atoms with van der Waals surface area (Å²) in [6.45, 7) is 13.3. The van der Waals surface area contributed by atoms with Crippen LogP contribution in [0.15, 0.2) is 90.1 Å². The predicted molar refractivity (Wildman–Crippen MR) is 215 cm³/mol. The zero-order chi connectivity index (χ0) is 36.9. The molecule has 0 atom stereocenters. The molecule has 8 rings (SSSR count). The number of benzene rings is 3. The Morgan fingerprint density at radius 3 is 2.49 bits per heavy atom. The third-order valence-corrected chi connectivity index (χ3v) is 11.6. The first-order valence-corrected chi connectivity index (χ1v) is 19.5. The summed E-state index contributed by atoms with van der Waals surface area (Å²) in [6, 6.07) is 27.2. The molecule has 0 spiro atoms. The lowest BCUT2D eigenvalue weighted by Crippen LogP contribution is -2.40. The van der Waals surface area contributed by atoms with Gasteiger partial charge in [-0.05, 0) is 74.6 Å². The van der Waals surface area contributed by atoms with E-state index in [1.54, 1.807) is 18.3 Å². The second-order valence-electron chi connectivity index (χ2n) is 13.7. The van der Waals surface area contributed by atoms with Gasteiger partial charge in [0.25, 0.3) is 0 Å². The molecule has 0 bridgehead atoms. The van der Waals surface area contributed by atoms with Crippen LogP contribution in [0.4, 0.5) is 0 Å². The molecule has 1 N–H and O–H groups in total. The zero-order valence-corrected chi connectivity index (χ0v) is 32.4. The van der Waals surface area contributed by atoms with Gasteiger partial charge in [-0.1, -0.05) is 66.2 Å². The minimum absolute atomic E-state index is 0.168. The van der Waals surface area contributed by atoms with Crippen molar-refractivity contribution in [3.8, 4) is 5.00 Å². The number of nitrogens with one attached hydrogen (secondary N) is 1. The normalized spacial score (nSPS) is 14.3. The maximum absolute atomic E-state index is 11.4. The Morgan fingerprint density at radius 2 is 1.74 bits per heavy atom. The van der Waals surface area contributed by atoms with Crippen LogP contribution >= 0.6 is 22.9 Å². The van der Waals surface area contributed by atoms with Gasteiger partial charge in [0.15, 0.2) is 5.82 Å². The van der Waals surface area contributed by atoms with Gasteiger partial charge in [0.05, 0.1) is 18.4 Å². The van der Waals surface area contributed by atoms with Crippen LogP contribution in [0.25, 0.3) is 15.9 Å². The van der Waals surface area contributed by atoms with Crippen molar-refractivity contribution >= 4 is 45.5 Å². The number of rotatable bonds is 9. The molecule has 6 aromatic rings. The SMILES string of the molecule is CC(=O)N1CCC(OCCNCc2cccc3c2ccn3Cc2ccccc2)CC1.Cc1sc2c(c1C)C(c1ccc(Cl)cc1)=NCc1nnc(C)n1-2. The molecule has 274 valence electrons. The lowest BCUT2D eigenvalue weighted by Gasteiger charge is -2.31. The van der Waals surface area contributed by atoms with Crippen molar-refractivity contribution in [1.29, 1.82) is 0 Å². The molecule has 2 aliphatic rings. The monoisotopic (exact) mass is 747 g/mol. The summed E-state index contributed by atoms with van der Waals surface area (Å²) < 4.78 is 10.4. The molecule has 0 unspecified atom stereocenters. The molecule has 3 aromatic heterocycles. The molecule has 5 heterocycles. The maximum atomic E-state index is 11.4. The number of ether oxygens (including phenoxy) is 1. The largest absolute Gasteiger partial charge is 0.377 e. The zero-order valence-electron chi connectivity index (χ0n) is 30.8. The van der Waals surface area contributed by atoms with E-state index >= 15 is 0 Å². The van der Waals surface area contributed by atoms with Crippen LogP contribution in [0, 0.1) is 20.8 Å². The number of likely N-dealkylation sites (tertiary alicyclic amines) is 1. The molecule has 1 saturated heterocycles. The molecular weight excluding hydrogens is 702 g/mol. The number of piperidine rings is 1. The topological polar surface area (TPSA) is 89.6 Å². The van der Waals surface area contributed by atoms with E-state index in [1.165, 1.54) is 38.0 Å². The van der Waals surface area contributed by atoms with E-state index in [9.17, 15) is 4.79 Å². The number of hydrogen-bond acceptors (Lipinski definition) is 7. The van der Waals surface area contributed by atoms with Crippen molar-refractivity contribution in [1.82, 2.24) is 29.5 Å². The Balaban J connectivity index is 0.000000170. The quantitative estimate of drug-likeness (QED) is 0.151. The predicted octanol–water partition coefficient (Wildman–Crippen LogP) is 8.07. The van der Waals surface area contributed by atoms with Gasteiger partial charge in [0.2, 0.25) is 5.91 Å². The summed E-state index contributed by atoms with van der Waals surface area (Å²) >= 11 is 7.80. The number of thiophene rings is 1. The summed E-state index contributed by atoms with van der Waals surface area (Å²) in [5.41, 5.74) is 8.41. The van der Waals surface area contributed by atoms with Crippen LogP contribution in [0.1, 0.15) is 64.1 Å². The Labute approximate surface area is 320 Å². The summed E-state index contributed by atoms with van der Waals surface area (Å²) in [6.07, 6.45) is 4.33. The summed E-state index contributed by atoms with van der Waals surface area (Å²) in [5, 5.41) is 15.2. The number of carbonyl (C=O) groups is 1. The first-order chi connectivity index (χ1) is 25.8. The Kier molecular flexibility index (Phi) is 11.5. The van der Waals surface area contributed by atoms with E-state index in [4.69, 9.17) is 21.3 Å². The molecule has 0 aliphatic carbocycles. The van der Waals surface area contributed by atoms with E-state index in [2.05, 4.69) is 99.3 Å². The number of aliphatic imine (C=N–C) groups is 1. The first kappa shape index (κ1) is 36.7. The number of nitrogens with zero attached hydrogens (tertiary/aromatic N) is 6. The fourth-order valence-corrected chi connectivity index (χ4v) is 8.46.